The van der Waals surface area contributed by atoms with Crippen molar-refractivity contribution in [2.24, 2.45) is 7.05 Å². The molecule has 4 nitrogen and oxygen atoms in total. The summed E-state index contributed by atoms with van der Waals surface area (Å²) in [6.45, 7) is 4.41. The van der Waals surface area contributed by atoms with Gasteiger partial charge in [0, 0.05) is 17.8 Å². The number of hydrogen-bond donors (Lipinski definition) is 0. The van der Waals surface area contributed by atoms with Gasteiger partial charge in [0.05, 0.1) is 0 Å². The highest BCUT2D eigenvalue weighted by Crippen LogP contribution is 2.26. The first kappa shape index (κ1) is 18.7. The molecule has 0 saturated heterocycles. The maximum absolute atomic E-state index is 13.1. The average Bonchev–Trinajstić information content (AvgIpc) is 2.93. The van der Waals surface area contributed by atoms with Crippen LogP contribution in [0.3, 0.4) is 0 Å². The van der Waals surface area contributed by atoms with Crippen LogP contribution in [0.2, 0.25) is 5.02 Å². The van der Waals surface area contributed by atoms with Crippen LogP contribution in [0.15, 0.2) is 41.6 Å². The summed E-state index contributed by atoms with van der Waals surface area (Å²) in [6, 6.07) is 10.5. The molecule has 136 valence electrons. The van der Waals surface area contributed by atoms with Gasteiger partial charge >= 0.3 is 0 Å². The van der Waals surface area contributed by atoms with Gasteiger partial charge in [0.2, 0.25) is 0 Å². The number of nitrogens with zero attached hydrogens (tertiary/aromatic N) is 3. The van der Waals surface area contributed by atoms with Crippen molar-refractivity contribution < 1.29 is 9.13 Å². The van der Waals surface area contributed by atoms with E-state index >= 15 is 0 Å². The third-order valence-corrected chi connectivity index (χ3v) is 5.41. The molecule has 3 aromatic rings. The predicted octanol–water partition coefficient (Wildman–Crippen LogP) is 5.10. The minimum Gasteiger partial charge on any atom is -0.485 e. The number of rotatable bonds is 6. The van der Waals surface area contributed by atoms with Crippen LogP contribution in [-0.4, -0.2) is 14.8 Å². The Kier molecular flexibility index (Phi) is 5.84. The molecule has 2 aromatic carbocycles. The molecule has 0 unspecified atom stereocenters. The number of aryl methyl sites for hydroxylation is 2. The Morgan fingerprint density at radius 3 is 2.69 bits per heavy atom. The Balaban J connectivity index is 1.64. The normalized spacial score (nSPS) is 11.0. The van der Waals surface area contributed by atoms with Crippen molar-refractivity contribution >= 4 is 23.4 Å². The second kappa shape index (κ2) is 8.10. The number of aromatic nitrogens is 3. The van der Waals surface area contributed by atoms with Crippen LogP contribution in [0.5, 0.6) is 5.75 Å². The van der Waals surface area contributed by atoms with E-state index in [2.05, 4.69) is 23.2 Å². The standard InChI is InChI=1S/C19H19ClFN3OS/c1-12-4-7-17(13(2)8-12)25-10-18-22-23-19(24(18)3)26-11-14-5-6-15(21)9-16(14)20/h4-9H,10-11H2,1-3H3. The van der Waals surface area contributed by atoms with Gasteiger partial charge in [-0.1, -0.05) is 47.1 Å². The van der Waals surface area contributed by atoms with E-state index in [1.807, 2.05) is 30.7 Å². The summed E-state index contributed by atoms with van der Waals surface area (Å²) >= 11 is 7.56. The van der Waals surface area contributed by atoms with E-state index in [-0.39, 0.29) is 5.82 Å². The van der Waals surface area contributed by atoms with Gasteiger partial charge in [-0.2, -0.15) is 0 Å². The molecule has 0 atom stereocenters. The molecule has 1 heterocycles. The lowest BCUT2D eigenvalue weighted by molar-refractivity contribution is 0.288. The largest absolute Gasteiger partial charge is 0.485 e. The summed E-state index contributed by atoms with van der Waals surface area (Å²) in [5.74, 6) is 1.82. The van der Waals surface area contributed by atoms with Crippen LogP contribution < -0.4 is 4.74 Å². The molecule has 26 heavy (non-hydrogen) atoms. The van der Waals surface area contributed by atoms with Crippen molar-refractivity contribution in [1.29, 1.82) is 0 Å². The highest BCUT2D eigenvalue weighted by atomic mass is 35.5. The van der Waals surface area contributed by atoms with Gasteiger partial charge in [-0.15, -0.1) is 10.2 Å². The van der Waals surface area contributed by atoms with Gasteiger partial charge in [-0.05, 0) is 43.2 Å². The summed E-state index contributed by atoms with van der Waals surface area (Å²) in [6.07, 6.45) is 0. The Hall–Kier alpha value is -2.05. The molecule has 0 N–H and O–H groups in total. The molecule has 0 radical (unpaired) electrons. The fourth-order valence-corrected chi connectivity index (χ4v) is 3.73. The van der Waals surface area contributed by atoms with Crippen molar-refractivity contribution in [3.63, 3.8) is 0 Å². The van der Waals surface area contributed by atoms with Crippen LogP contribution in [0, 0.1) is 19.7 Å². The lowest BCUT2D eigenvalue weighted by atomic mass is 10.1. The maximum atomic E-state index is 13.1. The van der Waals surface area contributed by atoms with Crippen molar-refractivity contribution in [2.75, 3.05) is 0 Å². The molecule has 0 amide bonds. The minimum atomic E-state index is -0.340. The molecule has 0 bridgehead atoms. The molecule has 0 fully saturated rings. The number of ether oxygens (including phenoxy) is 1. The van der Waals surface area contributed by atoms with Crippen LogP contribution in [0.25, 0.3) is 0 Å². The van der Waals surface area contributed by atoms with E-state index in [9.17, 15) is 4.39 Å². The second-order valence-corrected chi connectivity index (χ2v) is 7.39. The zero-order valence-electron chi connectivity index (χ0n) is 14.8. The molecule has 0 aliphatic carbocycles. The number of benzene rings is 2. The lowest BCUT2D eigenvalue weighted by Gasteiger charge is -2.09. The monoisotopic (exact) mass is 391 g/mol. The highest BCUT2D eigenvalue weighted by Gasteiger charge is 2.12. The Morgan fingerprint density at radius 1 is 1.15 bits per heavy atom. The third-order valence-electron chi connectivity index (χ3n) is 3.98. The first-order chi connectivity index (χ1) is 12.4. The van der Waals surface area contributed by atoms with E-state index in [1.165, 1.54) is 29.5 Å². The van der Waals surface area contributed by atoms with Gasteiger partial charge in [-0.25, -0.2) is 4.39 Å². The van der Waals surface area contributed by atoms with Gasteiger partial charge < -0.3 is 9.30 Å². The van der Waals surface area contributed by atoms with E-state index in [1.54, 1.807) is 6.07 Å². The van der Waals surface area contributed by atoms with E-state index in [0.717, 1.165) is 27.9 Å². The topological polar surface area (TPSA) is 39.9 Å². The van der Waals surface area contributed by atoms with Gasteiger partial charge in [0.1, 0.15) is 18.2 Å². The predicted molar refractivity (Wildman–Crippen MR) is 102 cm³/mol. The van der Waals surface area contributed by atoms with E-state index in [4.69, 9.17) is 16.3 Å². The average molecular weight is 392 g/mol. The lowest BCUT2D eigenvalue weighted by Crippen LogP contribution is -2.05. The van der Waals surface area contributed by atoms with Crippen molar-refractivity contribution in [3.8, 4) is 5.75 Å². The SMILES string of the molecule is Cc1ccc(OCc2nnc(SCc3ccc(F)cc3Cl)n2C)c(C)c1. The number of hydrogen-bond acceptors (Lipinski definition) is 4. The van der Waals surface area contributed by atoms with Crippen molar-refractivity contribution in [3.05, 3.63) is 69.8 Å². The smallest absolute Gasteiger partial charge is 0.191 e. The first-order valence-electron chi connectivity index (χ1n) is 8.09. The molecule has 3 rings (SSSR count). The van der Waals surface area contributed by atoms with Crippen LogP contribution in [-0.2, 0) is 19.4 Å². The molecule has 1 aromatic heterocycles. The van der Waals surface area contributed by atoms with E-state index in [0.29, 0.717) is 17.4 Å². The summed E-state index contributed by atoms with van der Waals surface area (Å²) in [5, 5.41) is 9.58. The second-order valence-electron chi connectivity index (χ2n) is 6.04. The molecular weight excluding hydrogens is 373 g/mol. The minimum absolute atomic E-state index is 0.339. The number of thioether (sulfide) groups is 1. The van der Waals surface area contributed by atoms with Crippen molar-refractivity contribution in [2.45, 2.75) is 31.4 Å². The zero-order valence-corrected chi connectivity index (χ0v) is 16.4. The molecule has 0 saturated carbocycles. The Morgan fingerprint density at radius 2 is 1.96 bits per heavy atom. The number of halogens is 2. The van der Waals surface area contributed by atoms with Crippen LogP contribution in [0.1, 0.15) is 22.5 Å². The Bertz CT molecular complexity index is 856. The zero-order chi connectivity index (χ0) is 18.7. The van der Waals surface area contributed by atoms with E-state index < -0.39 is 0 Å². The summed E-state index contributed by atoms with van der Waals surface area (Å²) in [5.41, 5.74) is 3.15. The van der Waals surface area contributed by atoms with Gasteiger partial charge in [-0.3, -0.25) is 0 Å². The Labute approximate surface area is 161 Å². The highest BCUT2D eigenvalue weighted by molar-refractivity contribution is 7.98. The van der Waals surface area contributed by atoms with Gasteiger partial charge in [0.25, 0.3) is 0 Å². The van der Waals surface area contributed by atoms with Crippen molar-refractivity contribution in [1.82, 2.24) is 14.8 Å². The fourth-order valence-electron chi connectivity index (χ4n) is 2.48. The summed E-state index contributed by atoms with van der Waals surface area (Å²) in [4.78, 5) is 0. The third kappa shape index (κ3) is 4.37. The summed E-state index contributed by atoms with van der Waals surface area (Å²) < 4.78 is 20.9. The molecule has 7 heteroatoms. The van der Waals surface area contributed by atoms with Gasteiger partial charge in [0.15, 0.2) is 11.0 Å². The molecular formula is C19H19ClFN3OS. The maximum Gasteiger partial charge on any atom is 0.191 e. The molecule has 0 aliphatic heterocycles. The van der Waals surface area contributed by atoms with Crippen LogP contribution in [0.4, 0.5) is 4.39 Å². The fraction of sp³-hybridized carbons (Fsp3) is 0.263. The quantitative estimate of drug-likeness (QED) is 0.548. The summed E-state index contributed by atoms with van der Waals surface area (Å²) in [7, 11) is 1.90. The first-order valence-corrected chi connectivity index (χ1v) is 9.45. The molecule has 0 spiro atoms. The van der Waals surface area contributed by atoms with Crippen LogP contribution >= 0.6 is 23.4 Å². The molecule has 0 aliphatic rings.